The summed E-state index contributed by atoms with van der Waals surface area (Å²) in [7, 11) is 11.1. The van der Waals surface area contributed by atoms with E-state index in [-0.39, 0.29) is 71.7 Å². The number of nitrogens with zero attached hydrogens (tertiary/aromatic N) is 12. The smallest absolute Gasteiger partial charge is 0.240 e. The molecule has 6 saturated heterocycles. The normalized spacial score (nSPS) is 22.2. The van der Waals surface area contributed by atoms with Crippen LogP contribution in [0.15, 0.2) is 86.3 Å². The predicted molar refractivity (Wildman–Crippen MR) is 365 cm³/mol. The molecule has 0 aromatic carbocycles. The van der Waals surface area contributed by atoms with E-state index in [1.807, 2.05) is 88.8 Å². The number of rotatable bonds is 18. The molecule has 0 spiro atoms. The molecule has 96 heavy (non-hydrogen) atoms. The lowest BCUT2D eigenvalue weighted by molar-refractivity contribution is -0.134. The minimum atomic E-state index is -0.0579. The van der Waals surface area contributed by atoms with Gasteiger partial charge in [0.25, 0.3) is 0 Å². The Bertz CT molecular complexity index is 2560. The fourth-order valence-corrected chi connectivity index (χ4v) is 13.5. The largest absolute Gasteiger partial charge is 0.447 e. The van der Waals surface area contributed by atoms with Gasteiger partial charge in [0.2, 0.25) is 41.3 Å². The van der Waals surface area contributed by atoms with Gasteiger partial charge in [-0.15, -0.1) is 22.7 Å². The van der Waals surface area contributed by atoms with E-state index in [2.05, 4.69) is 67.0 Å². The third-order valence-corrected chi connectivity index (χ3v) is 19.3. The van der Waals surface area contributed by atoms with Gasteiger partial charge in [-0.1, -0.05) is 5.16 Å². The van der Waals surface area contributed by atoms with Crippen LogP contribution in [0.3, 0.4) is 0 Å². The van der Waals surface area contributed by atoms with Crippen LogP contribution in [0, 0.1) is 0 Å². The molecule has 528 valence electrons. The zero-order chi connectivity index (χ0) is 68.3. The number of hydrogen-bond donors (Lipinski definition) is 7. The molecule has 0 radical (unpaired) electrons. The standard InChI is InChI=1S/C11H18N4O.3C11H17N3O2.2C11H17N3OS/c1-12-9-4-2-3-7-15(11(9)16)8-10-13-5-6-14-10;1-12-10-4-2-3-7-14(11(10)15)8-9-5-6-13-16-9;1-12-9-4-2-3-6-14(11(9)15)8-10-13-5-7-16-10;1-12-10-4-2-3-5-14(11(10)15)7-9-6-13-8-16-9;1-12-9-4-2-3-6-14(11(9)15)8-10-13-5-7-16-10;1-12-10-4-2-3-5-14(11(10)15)7-9-6-13-8-16-9/h5-6,9,12H,2-4,7-8H2,1H3,(H,13,14);5-6,10,12H,2-4,7-8H2,1H3;5,7,9,12H,2-4,6,8H2,1H3;6,8,10,12H,2-5,7H2,1H3;5,7,9,12H,2-4,6,8H2,1H3;6,8,10,12H,2-5,7H2,1H3. The van der Waals surface area contributed by atoms with Gasteiger partial charge in [0, 0.05) is 80.4 Å². The molecule has 6 aromatic rings. The summed E-state index contributed by atoms with van der Waals surface area (Å²) in [5.41, 5.74) is 1.81. The molecule has 30 heteroatoms. The third-order valence-electron chi connectivity index (χ3n) is 17.8. The summed E-state index contributed by atoms with van der Waals surface area (Å²) in [4.78, 5) is 108. The molecular formula is C66H103N19O9S2. The number of nitrogens with one attached hydrogen (secondary N) is 7. The third kappa shape index (κ3) is 24.6. The van der Waals surface area contributed by atoms with Gasteiger partial charge < -0.3 is 79.6 Å². The van der Waals surface area contributed by atoms with Gasteiger partial charge in [-0.3, -0.25) is 33.8 Å². The first kappa shape index (κ1) is 76.1. The van der Waals surface area contributed by atoms with Crippen molar-refractivity contribution in [2.24, 2.45) is 0 Å². The molecule has 12 rings (SSSR count). The van der Waals surface area contributed by atoms with Crippen LogP contribution < -0.4 is 31.9 Å². The predicted octanol–water partition coefficient (Wildman–Crippen LogP) is 5.32. The maximum Gasteiger partial charge on any atom is 0.240 e. The van der Waals surface area contributed by atoms with Crippen molar-refractivity contribution in [3.8, 4) is 0 Å². The van der Waals surface area contributed by atoms with Crippen molar-refractivity contribution < 1.29 is 42.1 Å². The van der Waals surface area contributed by atoms with E-state index in [0.29, 0.717) is 45.2 Å². The van der Waals surface area contributed by atoms with Crippen molar-refractivity contribution in [3.63, 3.8) is 0 Å². The number of hydrogen-bond acceptors (Lipinski definition) is 23. The fraction of sp³-hybridized carbons (Fsp3) is 0.636. The van der Waals surface area contributed by atoms with Crippen LogP contribution in [0.25, 0.3) is 0 Å². The number of likely N-dealkylation sites (N-methyl/N-ethyl adjacent to an activating group) is 6. The molecule has 6 aromatic heterocycles. The maximum absolute atomic E-state index is 12.2. The average Bonchev–Trinajstić information content (AvgIpc) is 4.24. The first-order valence-electron chi connectivity index (χ1n) is 34.0. The number of imidazole rings is 1. The topological polar surface area (TPSA) is 327 Å². The van der Waals surface area contributed by atoms with Crippen LogP contribution >= 0.6 is 22.7 Å². The Morgan fingerprint density at radius 3 is 1.26 bits per heavy atom. The first-order valence-corrected chi connectivity index (χ1v) is 35.8. The summed E-state index contributed by atoms with van der Waals surface area (Å²) >= 11 is 3.22. The van der Waals surface area contributed by atoms with E-state index in [1.165, 1.54) is 12.7 Å². The van der Waals surface area contributed by atoms with Crippen LogP contribution in [-0.4, -0.2) is 218 Å². The van der Waals surface area contributed by atoms with E-state index in [9.17, 15) is 28.8 Å². The molecule has 6 amide bonds. The summed E-state index contributed by atoms with van der Waals surface area (Å²) in [5, 5.41) is 25.1. The van der Waals surface area contributed by atoms with Crippen molar-refractivity contribution in [1.29, 1.82) is 0 Å². The van der Waals surface area contributed by atoms with Gasteiger partial charge in [-0.05, 0) is 158 Å². The second kappa shape index (κ2) is 42.4. The molecule has 6 atom stereocenters. The average molecular weight is 1370 g/mol. The summed E-state index contributed by atoms with van der Waals surface area (Å²) in [5.74, 6) is 4.05. The molecule has 0 saturated carbocycles. The SMILES string of the molecule is CNC1CCCCN(Cc2ccno2)C1=O.CNC1CCCCN(Cc2cnco2)C1=O.CNC1CCCCN(Cc2cncs2)C1=O.CNC1CCCCN(Cc2ncc[nH]2)C1=O.CNC1CCCCN(Cc2ncco2)C1=O.CNC1CCCCN(Cc2nccs2)C1=O. The van der Waals surface area contributed by atoms with Gasteiger partial charge in [0.15, 0.2) is 12.2 Å². The van der Waals surface area contributed by atoms with Crippen LogP contribution in [-0.2, 0) is 68.0 Å². The van der Waals surface area contributed by atoms with Gasteiger partial charge in [0.1, 0.15) is 22.9 Å². The first-order chi connectivity index (χ1) is 46.9. The van der Waals surface area contributed by atoms with E-state index in [1.54, 1.807) is 65.9 Å². The van der Waals surface area contributed by atoms with E-state index in [0.717, 1.165) is 182 Å². The number of likely N-dealkylation sites (tertiary alicyclic amines) is 6. The Hall–Kier alpha value is -7.32. The molecule has 28 nitrogen and oxygen atoms in total. The van der Waals surface area contributed by atoms with E-state index >= 15 is 0 Å². The lowest BCUT2D eigenvalue weighted by atomic mass is 10.1. The fourth-order valence-electron chi connectivity index (χ4n) is 12.3. The molecule has 6 aliphatic heterocycles. The second-order valence-corrected chi connectivity index (χ2v) is 26.3. The number of carbonyl (C=O) groups is 6. The van der Waals surface area contributed by atoms with Crippen molar-refractivity contribution in [2.75, 3.05) is 81.6 Å². The highest BCUT2D eigenvalue weighted by Crippen LogP contribution is 2.21. The van der Waals surface area contributed by atoms with Crippen molar-refractivity contribution in [1.82, 2.24) is 96.4 Å². The summed E-state index contributed by atoms with van der Waals surface area (Å²) < 4.78 is 15.4. The highest BCUT2D eigenvalue weighted by atomic mass is 32.1. The summed E-state index contributed by atoms with van der Waals surface area (Å²) in [6.45, 7) is 8.44. The quantitative estimate of drug-likeness (QED) is 0.0572. The summed E-state index contributed by atoms with van der Waals surface area (Å²) in [6.07, 6.45) is 33.5. The van der Waals surface area contributed by atoms with E-state index < -0.39 is 0 Å². The molecule has 6 fully saturated rings. The van der Waals surface area contributed by atoms with Gasteiger partial charge in [0.05, 0.1) is 99.6 Å². The number of oxazole rings is 2. The monoisotopic (exact) mass is 1370 g/mol. The number of H-pyrrole nitrogens is 1. The van der Waals surface area contributed by atoms with Gasteiger partial charge >= 0.3 is 0 Å². The Labute approximate surface area is 572 Å². The molecule has 7 N–H and O–H groups in total. The van der Waals surface area contributed by atoms with Crippen LogP contribution in [0.2, 0.25) is 0 Å². The molecule has 0 bridgehead atoms. The molecular weight excluding hydrogens is 1270 g/mol. The minimum absolute atomic E-state index is 0.00424. The second-order valence-electron chi connectivity index (χ2n) is 24.4. The number of carbonyl (C=O) groups excluding carboxylic acids is 6. The molecule has 6 unspecified atom stereocenters. The van der Waals surface area contributed by atoms with Crippen molar-refractivity contribution in [3.05, 3.63) is 106 Å². The highest BCUT2D eigenvalue weighted by molar-refractivity contribution is 7.09. The molecule has 0 aliphatic carbocycles. The Kier molecular flexibility index (Phi) is 33.6. The zero-order valence-corrected chi connectivity index (χ0v) is 58.6. The lowest BCUT2D eigenvalue weighted by Gasteiger charge is -2.23. The summed E-state index contributed by atoms with van der Waals surface area (Å²) in [6, 6.07) is 1.59. The number of amides is 6. The van der Waals surface area contributed by atoms with Crippen LogP contribution in [0.5, 0.6) is 0 Å². The van der Waals surface area contributed by atoms with E-state index in [4.69, 9.17) is 13.4 Å². The van der Waals surface area contributed by atoms with Crippen LogP contribution in [0.1, 0.15) is 149 Å². The number of aromatic amines is 1. The lowest BCUT2D eigenvalue weighted by Crippen LogP contribution is -2.43. The van der Waals surface area contributed by atoms with Gasteiger partial charge in [-0.2, -0.15) is 0 Å². The van der Waals surface area contributed by atoms with Gasteiger partial charge in [-0.25, -0.2) is 19.9 Å². The number of thiazole rings is 2. The molecule has 6 aliphatic rings. The minimum Gasteiger partial charge on any atom is -0.447 e. The molecule has 12 heterocycles. The maximum atomic E-state index is 12.2. The van der Waals surface area contributed by atoms with Crippen molar-refractivity contribution in [2.45, 2.75) is 191 Å². The van der Waals surface area contributed by atoms with Crippen LogP contribution in [0.4, 0.5) is 0 Å². The highest BCUT2D eigenvalue weighted by Gasteiger charge is 2.31. The Morgan fingerprint density at radius 1 is 0.448 bits per heavy atom. The Morgan fingerprint density at radius 2 is 0.896 bits per heavy atom. The number of aromatic nitrogens is 7. The zero-order valence-electron chi connectivity index (χ0n) is 57.0. The Balaban J connectivity index is 0.000000163. The van der Waals surface area contributed by atoms with Crippen molar-refractivity contribution >= 4 is 58.1 Å².